The lowest BCUT2D eigenvalue weighted by Crippen LogP contribution is -2.19. The van der Waals surface area contributed by atoms with Gasteiger partial charge in [-0.2, -0.15) is 0 Å². The Hall–Kier alpha value is -3.92. The van der Waals surface area contributed by atoms with E-state index < -0.39 is 5.82 Å². The minimum atomic E-state index is -0.462. The van der Waals surface area contributed by atoms with E-state index in [-0.39, 0.29) is 17.2 Å². The second-order valence-corrected chi connectivity index (χ2v) is 9.11. The molecule has 192 valence electrons. The number of pyridine rings is 1. The fourth-order valence-corrected chi connectivity index (χ4v) is 4.58. The van der Waals surface area contributed by atoms with Gasteiger partial charge >= 0.3 is 0 Å². The summed E-state index contributed by atoms with van der Waals surface area (Å²) < 4.78 is 40.2. The third kappa shape index (κ3) is 4.89. The maximum Gasteiger partial charge on any atom is 0.165 e. The highest BCUT2D eigenvalue weighted by Crippen LogP contribution is 2.37. The number of ether oxygens (including phenoxy) is 1. The molecule has 0 saturated heterocycles. The zero-order valence-electron chi connectivity index (χ0n) is 21.2. The first kappa shape index (κ1) is 24.8. The lowest BCUT2D eigenvalue weighted by atomic mass is 10.0. The van der Waals surface area contributed by atoms with Crippen molar-refractivity contribution < 1.29 is 18.0 Å². The smallest absolute Gasteiger partial charge is 0.165 e. The summed E-state index contributed by atoms with van der Waals surface area (Å²) in [5.41, 5.74) is 4.60. The second kappa shape index (κ2) is 10.2. The molecule has 0 atom stereocenters. The van der Waals surface area contributed by atoms with Gasteiger partial charge in [0.15, 0.2) is 5.82 Å². The molecule has 1 aromatic carbocycles. The second-order valence-electron chi connectivity index (χ2n) is 9.11. The summed E-state index contributed by atoms with van der Waals surface area (Å²) in [5, 5.41) is 7.16. The van der Waals surface area contributed by atoms with E-state index in [0.29, 0.717) is 48.4 Å². The summed E-state index contributed by atoms with van der Waals surface area (Å²) in [5.74, 6) is 1.11. The Labute approximate surface area is 213 Å². The molecule has 4 heterocycles. The summed E-state index contributed by atoms with van der Waals surface area (Å²) in [7, 11) is 1.88. The molecule has 0 bridgehead atoms. The van der Waals surface area contributed by atoms with Crippen molar-refractivity contribution in [3.05, 3.63) is 70.4 Å². The average molecular weight is 507 g/mol. The molecule has 37 heavy (non-hydrogen) atoms. The van der Waals surface area contributed by atoms with Crippen molar-refractivity contribution in [1.29, 1.82) is 0 Å². The maximum absolute atomic E-state index is 15.2. The van der Waals surface area contributed by atoms with Crippen molar-refractivity contribution in [3.8, 4) is 28.4 Å². The van der Waals surface area contributed by atoms with E-state index in [9.17, 15) is 4.39 Å². The molecular weight excluding hydrogens is 478 g/mol. The van der Waals surface area contributed by atoms with Gasteiger partial charge in [-0.25, -0.2) is 18.7 Å². The number of aryl methyl sites for hydroxylation is 2. The number of hydrogen-bond acceptors (Lipinski definition) is 8. The molecule has 0 aliphatic carbocycles. The Morgan fingerprint density at radius 1 is 1.11 bits per heavy atom. The number of nitrogens with zero attached hydrogens (tertiary/aromatic N) is 5. The van der Waals surface area contributed by atoms with Crippen molar-refractivity contribution in [2.45, 2.75) is 40.3 Å². The van der Waals surface area contributed by atoms with Gasteiger partial charge in [0, 0.05) is 12.1 Å². The Morgan fingerprint density at radius 2 is 1.95 bits per heavy atom. The predicted molar refractivity (Wildman–Crippen MR) is 135 cm³/mol. The molecule has 1 N–H and O–H groups in total. The molecular formula is C27H28F2N6O2. The number of anilines is 1. The molecule has 0 spiro atoms. The third-order valence-electron chi connectivity index (χ3n) is 6.44. The number of benzene rings is 1. The lowest BCUT2D eigenvalue weighted by Gasteiger charge is -2.21. The van der Waals surface area contributed by atoms with Gasteiger partial charge < -0.3 is 19.5 Å². The van der Waals surface area contributed by atoms with E-state index in [1.165, 1.54) is 18.3 Å². The Morgan fingerprint density at radius 3 is 2.70 bits per heavy atom. The molecule has 5 rings (SSSR count). The van der Waals surface area contributed by atoms with E-state index in [4.69, 9.17) is 19.2 Å². The van der Waals surface area contributed by atoms with E-state index in [2.05, 4.69) is 15.5 Å². The summed E-state index contributed by atoms with van der Waals surface area (Å²) in [6.45, 7) is 7.75. The fourth-order valence-electron chi connectivity index (χ4n) is 4.58. The van der Waals surface area contributed by atoms with Crippen LogP contribution in [0.5, 0.6) is 5.75 Å². The zero-order chi connectivity index (χ0) is 26.1. The molecule has 0 amide bonds. The highest BCUT2D eigenvalue weighted by Gasteiger charge is 2.28. The molecule has 0 saturated carbocycles. The number of rotatable bonds is 8. The zero-order valence-corrected chi connectivity index (χ0v) is 21.2. The number of fused-ring (bicyclic) bond motifs is 1. The minimum absolute atomic E-state index is 0.212. The monoisotopic (exact) mass is 506 g/mol. The van der Waals surface area contributed by atoms with Gasteiger partial charge in [-0.15, -0.1) is 0 Å². The Kier molecular flexibility index (Phi) is 6.84. The van der Waals surface area contributed by atoms with Crippen molar-refractivity contribution in [1.82, 2.24) is 25.4 Å². The Balaban J connectivity index is 1.61. The van der Waals surface area contributed by atoms with Gasteiger partial charge in [-0.1, -0.05) is 5.16 Å². The van der Waals surface area contributed by atoms with Crippen molar-refractivity contribution >= 4 is 5.82 Å². The van der Waals surface area contributed by atoms with Crippen LogP contribution in [0.25, 0.3) is 22.6 Å². The van der Waals surface area contributed by atoms with Gasteiger partial charge in [0.2, 0.25) is 0 Å². The molecule has 0 radical (unpaired) electrons. The Bertz CT molecular complexity index is 1440. The topological polar surface area (TPSA) is 89.2 Å². The first-order valence-corrected chi connectivity index (χ1v) is 12.1. The molecule has 1 aliphatic heterocycles. The number of hydrogen-bond donors (Lipinski definition) is 1. The number of nitrogens with one attached hydrogen (secondary N) is 1. The average Bonchev–Trinajstić information content (AvgIpc) is 3.45. The summed E-state index contributed by atoms with van der Waals surface area (Å²) in [6, 6.07) is 6.07. The first-order valence-electron chi connectivity index (χ1n) is 12.1. The van der Waals surface area contributed by atoms with Crippen LogP contribution in [0.3, 0.4) is 0 Å². The van der Waals surface area contributed by atoms with Crippen molar-refractivity contribution in [3.63, 3.8) is 0 Å². The van der Waals surface area contributed by atoms with Crippen LogP contribution in [0.2, 0.25) is 0 Å². The molecule has 1 aliphatic rings. The minimum Gasteiger partial charge on any atom is -0.494 e. The molecule has 4 aromatic rings. The van der Waals surface area contributed by atoms with Crippen molar-refractivity contribution in [2.75, 3.05) is 25.1 Å². The van der Waals surface area contributed by atoms with Crippen LogP contribution in [0.1, 0.15) is 34.7 Å². The summed E-state index contributed by atoms with van der Waals surface area (Å²) >= 11 is 0. The lowest BCUT2D eigenvalue weighted by molar-refractivity contribution is 0.309. The van der Waals surface area contributed by atoms with Crippen LogP contribution in [0.15, 0.2) is 35.0 Å². The van der Waals surface area contributed by atoms with Gasteiger partial charge in [0.1, 0.15) is 29.0 Å². The molecule has 0 unspecified atom stereocenters. The van der Waals surface area contributed by atoms with Crippen LogP contribution in [-0.4, -0.2) is 40.3 Å². The quantitative estimate of drug-likeness (QED) is 0.338. The van der Waals surface area contributed by atoms with Gasteiger partial charge in [-0.05, 0) is 70.6 Å². The fraction of sp³-hybridized carbons (Fsp3) is 0.333. The SMILES string of the molecule is CNCCCOc1ccc(F)c(-c2nc(-c3c(C)noc3C)c(C)c(N3Cc4cc(F)cnc4C3)n2)c1. The first-order chi connectivity index (χ1) is 17.9. The molecule has 10 heteroatoms. The van der Waals surface area contributed by atoms with Crippen molar-refractivity contribution in [2.24, 2.45) is 0 Å². The third-order valence-corrected chi connectivity index (χ3v) is 6.44. The van der Waals surface area contributed by atoms with E-state index in [1.54, 1.807) is 12.1 Å². The van der Waals surface area contributed by atoms with E-state index in [0.717, 1.165) is 35.3 Å². The highest BCUT2D eigenvalue weighted by atomic mass is 19.1. The predicted octanol–water partition coefficient (Wildman–Crippen LogP) is 4.91. The van der Waals surface area contributed by atoms with E-state index >= 15 is 4.39 Å². The van der Waals surface area contributed by atoms with Gasteiger partial charge in [0.25, 0.3) is 0 Å². The van der Waals surface area contributed by atoms with Gasteiger partial charge in [-0.3, -0.25) is 4.98 Å². The summed E-state index contributed by atoms with van der Waals surface area (Å²) in [4.78, 5) is 15.8. The molecule has 3 aromatic heterocycles. The number of aromatic nitrogens is 4. The van der Waals surface area contributed by atoms with Crippen LogP contribution in [0.4, 0.5) is 14.6 Å². The van der Waals surface area contributed by atoms with Gasteiger partial charge in [0.05, 0.1) is 47.6 Å². The van der Waals surface area contributed by atoms with Crippen LogP contribution in [0, 0.1) is 32.4 Å². The van der Waals surface area contributed by atoms with Crippen LogP contribution >= 0.6 is 0 Å². The highest BCUT2D eigenvalue weighted by molar-refractivity contribution is 5.75. The van der Waals surface area contributed by atoms with Crippen LogP contribution < -0.4 is 15.0 Å². The molecule has 8 nitrogen and oxygen atoms in total. The normalized spacial score (nSPS) is 12.8. The standard InChI is InChI=1S/C27H28F2N6O2/c1-15-25(24-16(2)34-37-17(24)3)32-26(21-11-20(6-7-22(21)29)36-9-5-8-30-4)33-27(15)35-13-18-10-19(28)12-31-23(18)14-35/h6-7,10-12,30H,5,8-9,13-14H2,1-4H3. The number of halogens is 2. The summed E-state index contributed by atoms with van der Waals surface area (Å²) in [6.07, 6.45) is 2.03. The maximum atomic E-state index is 15.2. The van der Waals surface area contributed by atoms with E-state index in [1.807, 2.05) is 32.7 Å². The molecule has 0 fully saturated rings. The van der Waals surface area contributed by atoms with Crippen LogP contribution in [-0.2, 0) is 13.1 Å². The largest absolute Gasteiger partial charge is 0.494 e.